The van der Waals surface area contributed by atoms with E-state index >= 15 is 0 Å². The molecule has 0 saturated carbocycles. The van der Waals surface area contributed by atoms with E-state index in [4.69, 9.17) is 11.0 Å². The van der Waals surface area contributed by atoms with Crippen LogP contribution in [0.4, 0.5) is 19.0 Å². The number of hydrogen-bond acceptors (Lipinski definition) is 3. The summed E-state index contributed by atoms with van der Waals surface area (Å²) < 4.78 is 38.6. The number of alkyl halides is 3. The zero-order chi connectivity index (χ0) is 12.5. The van der Waals surface area contributed by atoms with Crippen LogP contribution < -0.4 is 5.73 Å². The molecular formula is C9H11F3N4. The Morgan fingerprint density at radius 1 is 1.56 bits per heavy atom. The van der Waals surface area contributed by atoms with Gasteiger partial charge in [-0.3, -0.25) is 0 Å². The molecule has 0 fully saturated rings. The maximum atomic E-state index is 12.5. The second kappa shape index (κ2) is 4.04. The number of nitrogens with zero attached hydrogens (tertiary/aromatic N) is 3. The second-order valence-corrected chi connectivity index (χ2v) is 3.42. The van der Waals surface area contributed by atoms with Crippen molar-refractivity contribution >= 4 is 5.82 Å². The highest BCUT2D eigenvalue weighted by Crippen LogP contribution is 2.34. The van der Waals surface area contributed by atoms with E-state index in [0.717, 1.165) is 4.68 Å². The lowest BCUT2D eigenvalue weighted by atomic mass is 10.2. The van der Waals surface area contributed by atoms with Gasteiger partial charge >= 0.3 is 6.18 Å². The highest BCUT2D eigenvalue weighted by Gasteiger charge is 2.39. The Hall–Kier alpha value is -1.71. The Morgan fingerprint density at radius 3 is 2.44 bits per heavy atom. The lowest BCUT2D eigenvalue weighted by molar-refractivity contribution is -0.141. The minimum atomic E-state index is -4.65. The summed E-state index contributed by atoms with van der Waals surface area (Å²) in [5, 5.41) is 12.0. The fourth-order valence-corrected chi connectivity index (χ4v) is 1.27. The van der Waals surface area contributed by atoms with Crippen LogP contribution in [0.2, 0.25) is 0 Å². The van der Waals surface area contributed by atoms with Crippen molar-refractivity contribution in [2.45, 2.75) is 32.5 Å². The minimum absolute atomic E-state index is 0.232. The number of aromatic nitrogens is 2. The molecule has 0 spiro atoms. The van der Waals surface area contributed by atoms with Gasteiger partial charge in [0.1, 0.15) is 17.5 Å². The molecular weight excluding hydrogens is 221 g/mol. The van der Waals surface area contributed by atoms with Gasteiger partial charge in [-0.1, -0.05) is 6.92 Å². The molecule has 0 saturated heterocycles. The van der Waals surface area contributed by atoms with Gasteiger partial charge in [-0.25, -0.2) is 4.68 Å². The molecule has 1 aromatic rings. The molecule has 1 heterocycles. The van der Waals surface area contributed by atoms with E-state index in [9.17, 15) is 13.2 Å². The molecule has 1 aromatic heterocycles. The Balaban J connectivity index is 3.39. The first-order valence-corrected chi connectivity index (χ1v) is 4.68. The Morgan fingerprint density at radius 2 is 2.12 bits per heavy atom. The van der Waals surface area contributed by atoms with Gasteiger partial charge in [0.25, 0.3) is 0 Å². The highest BCUT2D eigenvalue weighted by atomic mass is 19.4. The van der Waals surface area contributed by atoms with Crippen LogP contribution in [0.15, 0.2) is 0 Å². The van der Waals surface area contributed by atoms with Gasteiger partial charge in [-0.15, -0.1) is 0 Å². The number of nitriles is 1. The third kappa shape index (κ3) is 1.96. The SMILES string of the molecule is CCC(C)n1nc(C(F)(F)F)c(C#N)c1N. The van der Waals surface area contributed by atoms with Crippen LogP contribution in [0.5, 0.6) is 0 Å². The first-order chi connectivity index (χ1) is 7.32. The van der Waals surface area contributed by atoms with Crippen molar-refractivity contribution in [3.05, 3.63) is 11.3 Å². The lowest BCUT2D eigenvalue weighted by Gasteiger charge is -2.10. The van der Waals surface area contributed by atoms with Crippen molar-refractivity contribution in [2.75, 3.05) is 5.73 Å². The number of rotatable bonds is 2. The van der Waals surface area contributed by atoms with Crippen LogP contribution in [0.25, 0.3) is 0 Å². The number of halogens is 3. The molecule has 0 radical (unpaired) electrons. The molecule has 0 aliphatic carbocycles. The molecule has 1 rings (SSSR count). The van der Waals surface area contributed by atoms with Crippen molar-refractivity contribution in [1.29, 1.82) is 5.26 Å². The zero-order valence-corrected chi connectivity index (χ0v) is 8.84. The van der Waals surface area contributed by atoms with E-state index in [1.807, 2.05) is 0 Å². The lowest BCUT2D eigenvalue weighted by Crippen LogP contribution is -2.11. The Kier molecular flexibility index (Phi) is 3.12. The second-order valence-electron chi connectivity index (χ2n) is 3.42. The maximum absolute atomic E-state index is 12.5. The summed E-state index contributed by atoms with van der Waals surface area (Å²) in [7, 11) is 0. The van der Waals surface area contributed by atoms with Gasteiger partial charge in [0.2, 0.25) is 0 Å². The first-order valence-electron chi connectivity index (χ1n) is 4.68. The van der Waals surface area contributed by atoms with E-state index in [1.54, 1.807) is 13.8 Å². The van der Waals surface area contributed by atoms with Crippen molar-refractivity contribution in [2.24, 2.45) is 0 Å². The maximum Gasteiger partial charge on any atom is 0.436 e. The van der Waals surface area contributed by atoms with Crippen LogP contribution in [0, 0.1) is 11.3 Å². The molecule has 1 atom stereocenters. The fourth-order valence-electron chi connectivity index (χ4n) is 1.27. The molecule has 4 nitrogen and oxygen atoms in total. The fraction of sp³-hybridized carbons (Fsp3) is 0.556. The van der Waals surface area contributed by atoms with Crippen LogP contribution in [0.3, 0.4) is 0 Å². The molecule has 88 valence electrons. The quantitative estimate of drug-likeness (QED) is 0.850. The van der Waals surface area contributed by atoms with Crippen LogP contribution in [-0.2, 0) is 6.18 Å². The first kappa shape index (κ1) is 12.4. The molecule has 16 heavy (non-hydrogen) atoms. The van der Waals surface area contributed by atoms with Crippen molar-refractivity contribution < 1.29 is 13.2 Å². The molecule has 7 heteroatoms. The third-order valence-corrected chi connectivity index (χ3v) is 2.34. The summed E-state index contributed by atoms with van der Waals surface area (Å²) in [4.78, 5) is 0. The summed E-state index contributed by atoms with van der Waals surface area (Å²) in [6.45, 7) is 3.48. The largest absolute Gasteiger partial charge is 0.436 e. The monoisotopic (exact) mass is 232 g/mol. The van der Waals surface area contributed by atoms with Gasteiger partial charge < -0.3 is 5.73 Å². The summed E-state index contributed by atoms with van der Waals surface area (Å²) in [5.74, 6) is -0.232. The third-order valence-electron chi connectivity index (χ3n) is 2.34. The van der Waals surface area contributed by atoms with Gasteiger partial charge in [0, 0.05) is 0 Å². The topological polar surface area (TPSA) is 67.6 Å². The van der Waals surface area contributed by atoms with Gasteiger partial charge in [-0.05, 0) is 13.3 Å². The van der Waals surface area contributed by atoms with Crippen molar-refractivity contribution in [3.8, 4) is 6.07 Å². The summed E-state index contributed by atoms with van der Waals surface area (Å²) in [6.07, 6.45) is -4.08. The number of hydrogen-bond donors (Lipinski definition) is 1. The summed E-state index contributed by atoms with van der Waals surface area (Å²) in [5.41, 5.74) is 3.65. The molecule has 0 aromatic carbocycles. The van der Waals surface area contributed by atoms with E-state index in [-0.39, 0.29) is 11.9 Å². The van der Waals surface area contributed by atoms with Gasteiger partial charge in [-0.2, -0.15) is 23.5 Å². The van der Waals surface area contributed by atoms with E-state index in [0.29, 0.717) is 6.42 Å². The van der Waals surface area contributed by atoms with Gasteiger partial charge in [0.05, 0.1) is 6.04 Å². The van der Waals surface area contributed by atoms with Gasteiger partial charge in [0.15, 0.2) is 5.69 Å². The average molecular weight is 232 g/mol. The van der Waals surface area contributed by atoms with E-state index in [1.165, 1.54) is 6.07 Å². The summed E-state index contributed by atoms with van der Waals surface area (Å²) >= 11 is 0. The average Bonchev–Trinajstić information content (AvgIpc) is 2.53. The van der Waals surface area contributed by atoms with E-state index in [2.05, 4.69) is 5.10 Å². The standard InChI is InChI=1S/C9H11F3N4/c1-3-5(2)16-8(14)6(4-13)7(15-16)9(10,11)12/h5H,3,14H2,1-2H3. The normalized spacial score (nSPS) is 13.5. The molecule has 0 amide bonds. The van der Waals surface area contributed by atoms with E-state index < -0.39 is 17.4 Å². The molecule has 0 bridgehead atoms. The summed E-state index contributed by atoms with van der Waals surface area (Å²) in [6, 6.07) is 1.17. The zero-order valence-electron chi connectivity index (χ0n) is 8.84. The number of nitrogen functional groups attached to an aromatic ring is 1. The van der Waals surface area contributed by atoms with Crippen molar-refractivity contribution in [1.82, 2.24) is 9.78 Å². The molecule has 2 N–H and O–H groups in total. The Labute approximate surface area is 90.5 Å². The van der Waals surface area contributed by atoms with Crippen LogP contribution in [-0.4, -0.2) is 9.78 Å². The molecule has 1 unspecified atom stereocenters. The van der Waals surface area contributed by atoms with Crippen LogP contribution >= 0.6 is 0 Å². The molecule has 0 aliphatic heterocycles. The predicted octanol–water partition coefficient (Wildman–Crippen LogP) is 2.33. The number of nitrogens with two attached hydrogens (primary N) is 1. The Bertz CT molecular complexity index is 427. The highest BCUT2D eigenvalue weighted by molar-refractivity contribution is 5.53. The number of anilines is 1. The van der Waals surface area contributed by atoms with Crippen LogP contribution in [0.1, 0.15) is 37.6 Å². The smallest absolute Gasteiger partial charge is 0.383 e. The predicted molar refractivity (Wildman–Crippen MR) is 51.4 cm³/mol. The van der Waals surface area contributed by atoms with Crippen molar-refractivity contribution in [3.63, 3.8) is 0 Å². The molecule has 0 aliphatic rings. The minimum Gasteiger partial charge on any atom is -0.383 e.